The molecule has 0 aromatic carbocycles. The van der Waals surface area contributed by atoms with E-state index in [4.69, 9.17) is 11.6 Å². The zero-order chi connectivity index (χ0) is 13.8. The SMILES string of the molecule is Cc1nn(C)c(CC(=O)CC2CCCCCC2)c1Cl. The Morgan fingerprint density at radius 3 is 2.47 bits per heavy atom. The van der Waals surface area contributed by atoms with Crippen LogP contribution in [0.1, 0.15) is 56.3 Å². The molecule has 1 aromatic rings. The van der Waals surface area contributed by atoms with Crippen LogP contribution in [0.3, 0.4) is 0 Å². The van der Waals surface area contributed by atoms with Crippen LogP contribution >= 0.6 is 11.6 Å². The molecule has 0 amide bonds. The Hall–Kier alpha value is -0.830. The van der Waals surface area contributed by atoms with Crippen LogP contribution in [0, 0.1) is 12.8 Å². The lowest BCUT2D eigenvalue weighted by molar-refractivity contribution is -0.119. The molecule has 1 heterocycles. The maximum Gasteiger partial charge on any atom is 0.139 e. The maximum absolute atomic E-state index is 12.2. The fraction of sp³-hybridized carbons (Fsp3) is 0.733. The number of hydrogen-bond donors (Lipinski definition) is 0. The Kier molecular flexibility index (Phi) is 5.03. The molecule has 106 valence electrons. The van der Waals surface area contributed by atoms with Crippen molar-refractivity contribution >= 4 is 17.4 Å². The van der Waals surface area contributed by atoms with Crippen LogP contribution in [0.15, 0.2) is 0 Å². The van der Waals surface area contributed by atoms with Crippen LogP contribution in [0.2, 0.25) is 5.02 Å². The second kappa shape index (κ2) is 6.56. The van der Waals surface area contributed by atoms with E-state index in [1.807, 2.05) is 14.0 Å². The highest BCUT2D eigenvalue weighted by Gasteiger charge is 2.19. The van der Waals surface area contributed by atoms with Gasteiger partial charge in [-0.15, -0.1) is 0 Å². The largest absolute Gasteiger partial charge is 0.299 e. The van der Waals surface area contributed by atoms with Crippen molar-refractivity contribution in [2.45, 2.75) is 58.3 Å². The Morgan fingerprint density at radius 2 is 1.95 bits per heavy atom. The summed E-state index contributed by atoms with van der Waals surface area (Å²) in [6.07, 6.45) is 8.78. The van der Waals surface area contributed by atoms with Crippen molar-refractivity contribution in [2.24, 2.45) is 13.0 Å². The molecule has 0 radical (unpaired) electrons. The molecule has 1 fully saturated rings. The fourth-order valence-corrected chi connectivity index (χ4v) is 3.25. The van der Waals surface area contributed by atoms with Gasteiger partial charge in [0.15, 0.2) is 0 Å². The van der Waals surface area contributed by atoms with Crippen LogP contribution in [-0.2, 0) is 18.3 Å². The predicted octanol–water partition coefficient (Wildman–Crippen LogP) is 3.85. The molecule has 0 N–H and O–H groups in total. The van der Waals surface area contributed by atoms with Crippen LogP contribution in [0.25, 0.3) is 0 Å². The Morgan fingerprint density at radius 1 is 1.32 bits per heavy atom. The number of carbonyl (C=O) groups excluding carboxylic acids is 1. The van der Waals surface area contributed by atoms with Gasteiger partial charge >= 0.3 is 0 Å². The second-order valence-electron chi connectivity index (χ2n) is 5.75. The molecule has 0 unspecified atom stereocenters. The quantitative estimate of drug-likeness (QED) is 0.786. The molecule has 1 saturated carbocycles. The molecule has 19 heavy (non-hydrogen) atoms. The van der Waals surface area contributed by atoms with E-state index < -0.39 is 0 Å². The fourth-order valence-electron chi connectivity index (χ4n) is 3.02. The predicted molar refractivity (Wildman–Crippen MR) is 77.5 cm³/mol. The van der Waals surface area contributed by atoms with Crippen molar-refractivity contribution in [3.8, 4) is 0 Å². The summed E-state index contributed by atoms with van der Waals surface area (Å²) >= 11 is 6.19. The van der Waals surface area contributed by atoms with Gasteiger partial charge in [0, 0.05) is 19.9 Å². The maximum atomic E-state index is 12.2. The molecule has 3 nitrogen and oxygen atoms in total. The first-order chi connectivity index (χ1) is 9.08. The summed E-state index contributed by atoms with van der Waals surface area (Å²) in [5, 5.41) is 4.91. The van der Waals surface area contributed by atoms with Crippen LogP contribution in [0.5, 0.6) is 0 Å². The number of aromatic nitrogens is 2. The number of ketones is 1. The molecule has 0 bridgehead atoms. The van der Waals surface area contributed by atoms with E-state index >= 15 is 0 Å². The summed E-state index contributed by atoms with van der Waals surface area (Å²) < 4.78 is 1.74. The van der Waals surface area contributed by atoms with Gasteiger partial charge in [-0.1, -0.05) is 50.1 Å². The van der Waals surface area contributed by atoms with Crippen molar-refractivity contribution in [1.82, 2.24) is 9.78 Å². The second-order valence-corrected chi connectivity index (χ2v) is 6.12. The zero-order valence-electron chi connectivity index (χ0n) is 11.9. The number of halogens is 1. The van der Waals surface area contributed by atoms with Gasteiger partial charge in [-0.05, 0) is 12.8 Å². The smallest absolute Gasteiger partial charge is 0.139 e. The van der Waals surface area contributed by atoms with E-state index in [0.717, 1.165) is 11.4 Å². The average molecular weight is 283 g/mol. The molecule has 1 aliphatic rings. The first kappa shape index (κ1) is 14.6. The topological polar surface area (TPSA) is 34.9 Å². The summed E-state index contributed by atoms with van der Waals surface area (Å²) in [4.78, 5) is 12.2. The third-order valence-corrected chi connectivity index (χ3v) is 4.61. The molecule has 1 aromatic heterocycles. The van der Waals surface area contributed by atoms with Crippen molar-refractivity contribution < 1.29 is 4.79 Å². The van der Waals surface area contributed by atoms with Crippen LogP contribution < -0.4 is 0 Å². The van der Waals surface area contributed by atoms with E-state index in [1.165, 1.54) is 38.5 Å². The Balaban J connectivity index is 1.93. The monoisotopic (exact) mass is 282 g/mol. The zero-order valence-corrected chi connectivity index (χ0v) is 12.7. The van der Waals surface area contributed by atoms with Gasteiger partial charge in [0.25, 0.3) is 0 Å². The Bertz CT molecular complexity index is 445. The van der Waals surface area contributed by atoms with E-state index in [0.29, 0.717) is 29.6 Å². The van der Waals surface area contributed by atoms with Gasteiger partial charge < -0.3 is 0 Å². The lowest BCUT2D eigenvalue weighted by atomic mass is 9.93. The van der Waals surface area contributed by atoms with Gasteiger partial charge in [-0.2, -0.15) is 5.10 Å². The highest BCUT2D eigenvalue weighted by atomic mass is 35.5. The number of carbonyl (C=O) groups is 1. The van der Waals surface area contributed by atoms with Crippen molar-refractivity contribution in [1.29, 1.82) is 0 Å². The number of aryl methyl sites for hydroxylation is 2. The molecule has 0 spiro atoms. The highest BCUT2D eigenvalue weighted by molar-refractivity contribution is 6.32. The molecule has 1 aliphatic carbocycles. The summed E-state index contributed by atoms with van der Waals surface area (Å²) in [5.41, 5.74) is 1.67. The minimum atomic E-state index is 0.303. The van der Waals surface area contributed by atoms with Crippen molar-refractivity contribution in [2.75, 3.05) is 0 Å². The first-order valence-electron chi connectivity index (χ1n) is 7.27. The minimum absolute atomic E-state index is 0.303. The standard InChI is InChI=1S/C15H23ClN2O/c1-11-15(16)14(18(2)17-11)10-13(19)9-12-7-5-3-4-6-8-12/h12H,3-10H2,1-2H3. The van der Waals surface area contributed by atoms with E-state index in [9.17, 15) is 4.79 Å². The van der Waals surface area contributed by atoms with Crippen molar-refractivity contribution in [3.63, 3.8) is 0 Å². The number of Topliss-reactive ketones (excluding diaryl/α,β-unsaturated/α-hetero) is 1. The first-order valence-corrected chi connectivity index (χ1v) is 7.65. The van der Waals surface area contributed by atoms with E-state index in [-0.39, 0.29) is 0 Å². The third-order valence-electron chi connectivity index (χ3n) is 4.12. The van der Waals surface area contributed by atoms with Gasteiger partial charge in [0.1, 0.15) is 5.78 Å². The molecular formula is C15H23ClN2O. The van der Waals surface area contributed by atoms with Gasteiger partial charge in [0.05, 0.1) is 16.4 Å². The summed E-state index contributed by atoms with van der Waals surface area (Å²) in [7, 11) is 1.85. The van der Waals surface area contributed by atoms with Crippen LogP contribution in [0.4, 0.5) is 0 Å². The summed E-state index contributed by atoms with van der Waals surface area (Å²) in [6, 6.07) is 0. The normalized spacial score (nSPS) is 17.4. The molecule has 0 saturated heterocycles. The van der Waals surface area contributed by atoms with Gasteiger partial charge in [0.2, 0.25) is 0 Å². The minimum Gasteiger partial charge on any atom is -0.299 e. The summed E-state index contributed by atoms with van der Waals surface area (Å²) in [5.74, 6) is 0.889. The highest BCUT2D eigenvalue weighted by Crippen LogP contribution is 2.27. The molecule has 0 atom stereocenters. The van der Waals surface area contributed by atoms with Gasteiger partial charge in [-0.3, -0.25) is 9.48 Å². The molecule has 0 aliphatic heterocycles. The van der Waals surface area contributed by atoms with Gasteiger partial charge in [-0.25, -0.2) is 0 Å². The van der Waals surface area contributed by atoms with Crippen molar-refractivity contribution in [3.05, 3.63) is 16.4 Å². The number of hydrogen-bond acceptors (Lipinski definition) is 2. The molecule has 4 heteroatoms. The number of nitrogens with zero attached hydrogens (tertiary/aromatic N) is 2. The third kappa shape index (κ3) is 3.82. The van der Waals surface area contributed by atoms with E-state index in [1.54, 1.807) is 4.68 Å². The van der Waals surface area contributed by atoms with E-state index in [2.05, 4.69) is 5.10 Å². The molecular weight excluding hydrogens is 260 g/mol. The number of rotatable bonds is 4. The lowest BCUT2D eigenvalue weighted by Crippen LogP contribution is -2.12. The molecule has 2 rings (SSSR count). The average Bonchev–Trinajstić information content (AvgIpc) is 2.60. The lowest BCUT2D eigenvalue weighted by Gasteiger charge is -2.12. The Labute approximate surface area is 120 Å². The van der Waals surface area contributed by atoms with Crippen LogP contribution in [-0.4, -0.2) is 15.6 Å². The summed E-state index contributed by atoms with van der Waals surface area (Å²) in [6.45, 7) is 1.88.